The average Bonchev–Trinajstić information content (AvgIpc) is 2.12. The van der Waals surface area contributed by atoms with E-state index in [1.807, 2.05) is 0 Å². The zero-order valence-corrected chi connectivity index (χ0v) is 7.82. The zero-order valence-electron chi connectivity index (χ0n) is 7.82. The number of hydrogen-bond acceptors (Lipinski definition) is 2. The second-order valence-electron chi connectivity index (χ2n) is 3.75. The fourth-order valence-corrected chi connectivity index (χ4v) is 2.08. The first-order valence-corrected chi connectivity index (χ1v) is 4.74. The number of rotatable bonds is 0. The van der Waals surface area contributed by atoms with Gasteiger partial charge >= 0.3 is 0 Å². The third kappa shape index (κ3) is 1.30. The first-order valence-electron chi connectivity index (χ1n) is 4.74. The first-order chi connectivity index (χ1) is 6.20. The molecule has 0 aromatic rings. The summed E-state index contributed by atoms with van der Waals surface area (Å²) in [5.41, 5.74) is 0. The quantitative estimate of drug-likeness (QED) is 0.522. The predicted octanol–water partition coefficient (Wildman–Crippen LogP) is -0.161. The van der Waals surface area contributed by atoms with E-state index in [4.69, 9.17) is 0 Å². The molecule has 2 heterocycles. The Morgan fingerprint density at radius 3 is 2.85 bits per heavy atom. The molecule has 2 amide bonds. The normalized spacial score (nSPS) is 29.2. The third-order valence-corrected chi connectivity index (χ3v) is 2.90. The van der Waals surface area contributed by atoms with Gasteiger partial charge in [0.1, 0.15) is 6.04 Å². The molecule has 2 fully saturated rings. The summed E-state index contributed by atoms with van der Waals surface area (Å²) >= 11 is 0. The molecule has 2 rings (SSSR count). The Labute approximate surface area is 77.5 Å². The lowest BCUT2D eigenvalue weighted by molar-refractivity contribution is -0.153. The summed E-state index contributed by atoms with van der Waals surface area (Å²) < 4.78 is 0. The Morgan fingerprint density at radius 1 is 1.31 bits per heavy atom. The van der Waals surface area contributed by atoms with Crippen molar-refractivity contribution >= 4 is 11.8 Å². The van der Waals surface area contributed by atoms with Crippen molar-refractivity contribution in [2.75, 3.05) is 20.1 Å². The molecule has 1 atom stereocenters. The highest BCUT2D eigenvalue weighted by Gasteiger charge is 2.37. The van der Waals surface area contributed by atoms with Crippen LogP contribution in [0.4, 0.5) is 0 Å². The van der Waals surface area contributed by atoms with Crippen LogP contribution in [-0.2, 0) is 9.59 Å². The summed E-state index contributed by atoms with van der Waals surface area (Å²) in [5, 5.41) is 0. The SMILES string of the molecule is CN1CCN2C(=O)CCC[C@@H]2C1=O. The minimum Gasteiger partial charge on any atom is -0.342 e. The highest BCUT2D eigenvalue weighted by Crippen LogP contribution is 2.22. The van der Waals surface area contributed by atoms with Gasteiger partial charge in [0.25, 0.3) is 0 Å². The lowest BCUT2D eigenvalue weighted by atomic mass is 9.98. The number of piperidine rings is 1. The van der Waals surface area contributed by atoms with E-state index in [2.05, 4.69) is 0 Å². The van der Waals surface area contributed by atoms with Gasteiger partial charge in [-0.05, 0) is 12.8 Å². The number of fused-ring (bicyclic) bond motifs is 1. The molecule has 4 nitrogen and oxygen atoms in total. The largest absolute Gasteiger partial charge is 0.342 e. The number of carbonyl (C=O) groups excluding carboxylic acids is 2. The van der Waals surface area contributed by atoms with E-state index >= 15 is 0 Å². The summed E-state index contributed by atoms with van der Waals surface area (Å²) in [5.74, 6) is 0.261. The molecule has 2 aliphatic rings. The second kappa shape index (κ2) is 3.01. The van der Waals surface area contributed by atoms with E-state index in [1.54, 1.807) is 16.8 Å². The molecule has 4 heteroatoms. The van der Waals surface area contributed by atoms with Crippen molar-refractivity contribution < 1.29 is 9.59 Å². The van der Waals surface area contributed by atoms with Crippen LogP contribution in [0, 0.1) is 0 Å². The molecule has 72 valence electrons. The Bertz CT molecular complexity index is 252. The maximum absolute atomic E-state index is 11.6. The van der Waals surface area contributed by atoms with Gasteiger partial charge in [-0.2, -0.15) is 0 Å². The molecule has 0 aromatic heterocycles. The lowest BCUT2D eigenvalue weighted by Crippen LogP contribution is -2.59. The smallest absolute Gasteiger partial charge is 0.245 e. The Balaban J connectivity index is 2.17. The van der Waals surface area contributed by atoms with Gasteiger partial charge in [0.05, 0.1) is 0 Å². The molecule has 0 radical (unpaired) electrons. The van der Waals surface area contributed by atoms with Crippen molar-refractivity contribution in [2.24, 2.45) is 0 Å². The fourth-order valence-electron chi connectivity index (χ4n) is 2.08. The van der Waals surface area contributed by atoms with Gasteiger partial charge in [-0.15, -0.1) is 0 Å². The summed E-state index contributed by atoms with van der Waals surface area (Å²) in [6.07, 6.45) is 2.32. The minimum atomic E-state index is -0.153. The van der Waals surface area contributed by atoms with Crippen LogP contribution in [0.1, 0.15) is 19.3 Å². The van der Waals surface area contributed by atoms with Crippen LogP contribution in [0.5, 0.6) is 0 Å². The maximum Gasteiger partial charge on any atom is 0.245 e. The molecule has 0 N–H and O–H groups in total. The van der Waals surface area contributed by atoms with Gasteiger partial charge in [0.15, 0.2) is 0 Å². The Morgan fingerprint density at radius 2 is 2.08 bits per heavy atom. The van der Waals surface area contributed by atoms with Crippen molar-refractivity contribution in [2.45, 2.75) is 25.3 Å². The van der Waals surface area contributed by atoms with Crippen LogP contribution in [0.25, 0.3) is 0 Å². The van der Waals surface area contributed by atoms with Crippen LogP contribution < -0.4 is 0 Å². The maximum atomic E-state index is 11.6. The lowest BCUT2D eigenvalue weighted by Gasteiger charge is -2.41. The number of nitrogens with zero attached hydrogens (tertiary/aromatic N) is 2. The fraction of sp³-hybridized carbons (Fsp3) is 0.778. The summed E-state index contributed by atoms with van der Waals surface area (Å²) in [6, 6.07) is -0.153. The van der Waals surface area contributed by atoms with Gasteiger partial charge in [0, 0.05) is 26.6 Å². The highest BCUT2D eigenvalue weighted by molar-refractivity contribution is 5.89. The van der Waals surface area contributed by atoms with Gasteiger partial charge in [0.2, 0.25) is 11.8 Å². The van der Waals surface area contributed by atoms with Crippen molar-refractivity contribution in [3.63, 3.8) is 0 Å². The number of likely N-dealkylation sites (N-methyl/N-ethyl adjacent to an activating group) is 1. The molecule has 0 aromatic carbocycles. The standard InChI is InChI=1S/C9H14N2O2/c1-10-5-6-11-7(9(10)13)3-2-4-8(11)12/h7H,2-6H2,1H3/t7-/m1/s1. The Hall–Kier alpha value is -1.06. The third-order valence-electron chi connectivity index (χ3n) is 2.90. The van der Waals surface area contributed by atoms with Gasteiger partial charge in [-0.25, -0.2) is 0 Å². The molecule has 0 aliphatic carbocycles. The van der Waals surface area contributed by atoms with E-state index in [0.29, 0.717) is 19.5 Å². The minimum absolute atomic E-state index is 0.110. The highest BCUT2D eigenvalue weighted by atomic mass is 16.2. The van der Waals surface area contributed by atoms with E-state index in [9.17, 15) is 9.59 Å². The summed E-state index contributed by atoms with van der Waals surface area (Å²) in [7, 11) is 1.80. The molecule has 2 aliphatic heterocycles. The van der Waals surface area contributed by atoms with E-state index in [-0.39, 0.29) is 17.9 Å². The predicted molar refractivity (Wildman–Crippen MR) is 47.0 cm³/mol. The first kappa shape index (κ1) is 8.53. The molecule has 13 heavy (non-hydrogen) atoms. The second-order valence-corrected chi connectivity index (χ2v) is 3.75. The van der Waals surface area contributed by atoms with Crippen LogP contribution >= 0.6 is 0 Å². The Kier molecular flexibility index (Phi) is 1.98. The van der Waals surface area contributed by atoms with Gasteiger partial charge in [-0.1, -0.05) is 0 Å². The molecule has 0 saturated carbocycles. The van der Waals surface area contributed by atoms with E-state index in [0.717, 1.165) is 12.8 Å². The number of piperazine rings is 1. The summed E-state index contributed by atoms with van der Waals surface area (Å²) in [4.78, 5) is 26.5. The van der Waals surface area contributed by atoms with Crippen LogP contribution in [0.2, 0.25) is 0 Å². The molecule has 2 saturated heterocycles. The molecule has 0 bridgehead atoms. The van der Waals surface area contributed by atoms with Crippen molar-refractivity contribution in [3.8, 4) is 0 Å². The average molecular weight is 182 g/mol. The molecule has 0 unspecified atom stereocenters. The molecule has 0 spiro atoms. The van der Waals surface area contributed by atoms with E-state index < -0.39 is 0 Å². The molecular formula is C9H14N2O2. The van der Waals surface area contributed by atoms with Gasteiger partial charge < -0.3 is 9.80 Å². The van der Waals surface area contributed by atoms with Crippen LogP contribution in [0.15, 0.2) is 0 Å². The number of carbonyl (C=O) groups is 2. The van der Waals surface area contributed by atoms with Gasteiger partial charge in [-0.3, -0.25) is 9.59 Å². The summed E-state index contributed by atoms with van der Waals surface area (Å²) in [6.45, 7) is 1.40. The van der Waals surface area contributed by atoms with E-state index in [1.165, 1.54) is 0 Å². The van der Waals surface area contributed by atoms with Crippen LogP contribution in [-0.4, -0.2) is 47.8 Å². The topological polar surface area (TPSA) is 40.6 Å². The van der Waals surface area contributed by atoms with Crippen LogP contribution in [0.3, 0.4) is 0 Å². The number of amides is 2. The van der Waals surface area contributed by atoms with Crippen molar-refractivity contribution in [1.29, 1.82) is 0 Å². The number of hydrogen-bond donors (Lipinski definition) is 0. The van der Waals surface area contributed by atoms with Crippen molar-refractivity contribution in [3.05, 3.63) is 0 Å². The molecular weight excluding hydrogens is 168 g/mol. The van der Waals surface area contributed by atoms with Crippen molar-refractivity contribution in [1.82, 2.24) is 9.80 Å². The monoisotopic (exact) mass is 182 g/mol. The zero-order chi connectivity index (χ0) is 9.42.